The first-order valence-electron chi connectivity index (χ1n) is 7.57. The Morgan fingerprint density at radius 3 is 2.71 bits per heavy atom. The fourth-order valence-corrected chi connectivity index (χ4v) is 3.04. The average Bonchev–Trinajstić information content (AvgIpc) is 2.87. The molecule has 0 saturated heterocycles. The van der Waals surface area contributed by atoms with Gasteiger partial charge in [-0.2, -0.15) is 0 Å². The van der Waals surface area contributed by atoms with Crippen LogP contribution in [0.25, 0.3) is 5.69 Å². The van der Waals surface area contributed by atoms with Crippen molar-refractivity contribution in [2.24, 2.45) is 4.99 Å². The molecule has 0 saturated carbocycles. The van der Waals surface area contributed by atoms with Crippen molar-refractivity contribution in [3.63, 3.8) is 0 Å². The van der Waals surface area contributed by atoms with Gasteiger partial charge in [0.2, 0.25) is 0 Å². The van der Waals surface area contributed by atoms with E-state index in [-0.39, 0.29) is 10.6 Å². The number of aliphatic imine (C=N–C) groups is 1. The molecular weight excluding hydrogens is 304 g/mol. The number of non-ortho nitro benzene ring substituents is 1. The summed E-state index contributed by atoms with van der Waals surface area (Å²) >= 11 is 0. The topological polar surface area (TPSA) is 73.3 Å². The van der Waals surface area contributed by atoms with Gasteiger partial charge in [-0.1, -0.05) is 30.3 Å². The molecule has 3 aromatic rings. The molecule has 0 amide bonds. The van der Waals surface area contributed by atoms with Crippen LogP contribution in [0.5, 0.6) is 0 Å². The van der Waals surface area contributed by atoms with Gasteiger partial charge >= 0.3 is 0 Å². The first-order chi connectivity index (χ1) is 11.6. The molecule has 24 heavy (non-hydrogen) atoms. The number of nitrogens with zero attached hydrogens (tertiary/aromatic N) is 4. The van der Waals surface area contributed by atoms with Crippen LogP contribution in [-0.2, 0) is 6.54 Å². The predicted octanol–water partition coefficient (Wildman–Crippen LogP) is 3.44. The van der Waals surface area contributed by atoms with Gasteiger partial charge in [0.25, 0.3) is 5.69 Å². The molecule has 0 fully saturated rings. The molecule has 0 spiro atoms. The average molecular weight is 318 g/mol. The second-order valence-electron chi connectivity index (χ2n) is 5.62. The standard InChI is InChI=1S/C18H14N4O2/c1-12-19-10-15-11-20-18(13-5-3-2-4-6-13)16-9-14(22(23)24)7-8-17(16)21(12)15/h2-10H,11H2,1H3. The van der Waals surface area contributed by atoms with Crippen molar-refractivity contribution in [3.8, 4) is 5.69 Å². The molecule has 0 aliphatic carbocycles. The van der Waals surface area contributed by atoms with Crippen LogP contribution in [0.2, 0.25) is 0 Å². The first kappa shape index (κ1) is 14.3. The van der Waals surface area contributed by atoms with Crippen molar-refractivity contribution < 1.29 is 4.92 Å². The summed E-state index contributed by atoms with van der Waals surface area (Å²) < 4.78 is 2.01. The monoisotopic (exact) mass is 318 g/mol. The molecule has 6 heteroatoms. The van der Waals surface area contributed by atoms with E-state index in [2.05, 4.69) is 4.98 Å². The molecule has 4 rings (SSSR count). The largest absolute Gasteiger partial charge is 0.298 e. The number of aromatic nitrogens is 2. The van der Waals surface area contributed by atoms with Crippen molar-refractivity contribution in [2.45, 2.75) is 13.5 Å². The lowest BCUT2D eigenvalue weighted by Crippen LogP contribution is -2.09. The summed E-state index contributed by atoms with van der Waals surface area (Å²) in [5, 5.41) is 11.2. The van der Waals surface area contributed by atoms with Crippen LogP contribution in [0.1, 0.15) is 22.6 Å². The molecule has 1 aliphatic rings. The Morgan fingerprint density at radius 1 is 1.17 bits per heavy atom. The number of hydrogen-bond acceptors (Lipinski definition) is 4. The number of benzene rings is 2. The fourth-order valence-electron chi connectivity index (χ4n) is 3.04. The van der Waals surface area contributed by atoms with E-state index >= 15 is 0 Å². The van der Waals surface area contributed by atoms with Gasteiger partial charge in [0.05, 0.1) is 34.8 Å². The first-order valence-corrected chi connectivity index (χ1v) is 7.57. The van der Waals surface area contributed by atoms with E-state index in [1.807, 2.05) is 41.8 Å². The van der Waals surface area contributed by atoms with Gasteiger partial charge in [0.1, 0.15) is 5.82 Å². The van der Waals surface area contributed by atoms with E-state index in [0.717, 1.165) is 34.0 Å². The van der Waals surface area contributed by atoms with E-state index in [1.165, 1.54) is 6.07 Å². The van der Waals surface area contributed by atoms with E-state index < -0.39 is 0 Å². The van der Waals surface area contributed by atoms with Crippen LogP contribution in [0.3, 0.4) is 0 Å². The Bertz CT molecular complexity index is 974. The molecule has 1 aromatic heterocycles. The van der Waals surface area contributed by atoms with Crippen molar-refractivity contribution in [2.75, 3.05) is 0 Å². The van der Waals surface area contributed by atoms with Crippen molar-refractivity contribution in [1.82, 2.24) is 9.55 Å². The van der Waals surface area contributed by atoms with Crippen LogP contribution in [0.15, 0.2) is 59.7 Å². The SMILES string of the molecule is Cc1ncc2n1-c1ccc([N+](=O)[O-])cc1C(c1ccccc1)=NC2. The van der Waals surface area contributed by atoms with Crippen LogP contribution in [0.4, 0.5) is 5.69 Å². The molecular formula is C18H14N4O2. The van der Waals surface area contributed by atoms with Gasteiger partial charge in [0, 0.05) is 23.3 Å². The zero-order valence-electron chi connectivity index (χ0n) is 13.0. The normalized spacial score (nSPS) is 12.8. The minimum absolute atomic E-state index is 0.0543. The second-order valence-corrected chi connectivity index (χ2v) is 5.62. The fraction of sp³-hybridized carbons (Fsp3) is 0.111. The summed E-state index contributed by atoms with van der Waals surface area (Å²) in [5.41, 5.74) is 4.33. The molecule has 118 valence electrons. The van der Waals surface area contributed by atoms with Crippen LogP contribution < -0.4 is 0 Å². The second kappa shape index (κ2) is 5.42. The minimum atomic E-state index is -0.380. The third kappa shape index (κ3) is 2.20. The summed E-state index contributed by atoms with van der Waals surface area (Å²) in [4.78, 5) is 19.9. The Labute approximate surface area is 138 Å². The molecule has 2 aromatic carbocycles. The molecule has 2 heterocycles. The summed E-state index contributed by atoms with van der Waals surface area (Å²) in [5.74, 6) is 0.838. The quantitative estimate of drug-likeness (QED) is 0.536. The molecule has 0 radical (unpaired) electrons. The maximum absolute atomic E-state index is 11.2. The molecule has 0 bridgehead atoms. The summed E-state index contributed by atoms with van der Waals surface area (Å²) in [6, 6.07) is 14.6. The molecule has 0 atom stereocenters. The van der Waals surface area contributed by atoms with Crippen LogP contribution >= 0.6 is 0 Å². The third-order valence-electron chi connectivity index (χ3n) is 4.14. The smallest absolute Gasteiger partial charge is 0.270 e. The number of hydrogen-bond donors (Lipinski definition) is 0. The third-order valence-corrected chi connectivity index (χ3v) is 4.14. The van der Waals surface area contributed by atoms with Crippen molar-refractivity contribution in [1.29, 1.82) is 0 Å². The highest BCUT2D eigenvalue weighted by atomic mass is 16.6. The number of nitro groups is 1. The van der Waals surface area contributed by atoms with Gasteiger partial charge in [-0.3, -0.25) is 19.7 Å². The lowest BCUT2D eigenvalue weighted by molar-refractivity contribution is -0.384. The zero-order chi connectivity index (χ0) is 16.7. The highest BCUT2D eigenvalue weighted by Gasteiger charge is 2.22. The highest BCUT2D eigenvalue weighted by Crippen LogP contribution is 2.29. The number of imidazole rings is 1. The van der Waals surface area contributed by atoms with Crippen molar-refractivity contribution in [3.05, 3.63) is 87.5 Å². The van der Waals surface area contributed by atoms with Crippen molar-refractivity contribution >= 4 is 11.4 Å². The lowest BCUT2D eigenvalue weighted by Gasteiger charge is -2.13. The zero-order valence-corrected chi connectivity index (χ0v) is 13.0. The Kier molecular flexibility index (Phi) is 3.23. The number of aryl methyl sites for hydroxylation is 1. The van der Waals surface area contributed by atoms with E-state index in [1.54, 1.807) is 18.3 Å². The van der Waals surface area contributed by atoms with Gasteiger partial charge in [-0.15, -0.1) is 0 Å². The Morgan fingerprint density at radius 2 is 1.96 bits per heavy atom. The molecule has 0 N–H and O–H groups in total. The van der Waals surface area contributed by atoms with Gasteiger partial charge in [-0.05, 0) is 13.0 Å². The number of nitro benzene ring substituents is 1. The summed E-state index contributed by atoms with van der Waals surface area (Å²) in [6.07, 6.45) is 1.80. The van der Waals surface area contributed by atoms with Crippen LogP contribution in [-0.4, -0.2) is 20.2 Å². The Balaban J connectivity index is 2.01. The lowest BCUT2D eigenvalue weighted by atomic mass is 10.00. The van der Waals surface area contributed by atoms with E-state index in [9.17, 15) is 10.1 Å². The summed E-state index contributed by atoms with van der Waals surface area (Å²) in [7, 11) is 0. The van der Waals surface area contributed by atoms with Crippen LogP contribution in [0, 0.1) is 17.0 Å². The molecule has 6 nitrogen and oxygen atoms in total. The van der Waals surface area contributed by atoms with Gasteiger partial charge < -0.3 is 0 Å². The minimum Gasteiger partial charge on any atom is -0.298 e. The summed E-state index contributed by atoms with van der Waals surface area (Å²) in [6.45, 7) is 2.40. The Hall–Kier alpha value is -3.28. The maximum Gasteiger partial charge on any atom is 0.270 e. The van der Waals surface area contributed by atoms with E-state index in [0.29, 0.717) is 6.54 Å². The van der Waals surface area contributed by atoms with E-state index in [4.69, 9.17) is 4.99 Å². The number of fused-ring (bicyclic) bond motifs is 3. The molecule has 0 unspecified atom stereocenters. The maximum atomic E-state index is 11.2. The van der Waals surface area contributed by atoms with Gasteiger partial charge in [0.15, 0.2) is 0 Å². The number of rotatable bonds is 2. The predicted molar refractivity (Wildman–Crippen MR) is 90.7 cm³/mol. The highest BCUT2D eigenvalue weighted by molar-refractivity contribution is 6.15. The van der Waals surface area contributed by atoms with Gasteiger partial charge in [-0.25, -0.2) is 4.98 Å². The molecule has 1 aliphatic heterocycles.